The SMILES string of the molecule is CC(=O)n1nc(C(=O)N2CCN(C(=O)Nc3ccccn3)CC2)cc1-c1ccccc1. The highest BCUT2D eigenvalue weighted by atomic mass is 16.2. The number of amides is 3. The third-order valence-electron chi connectivity index (χ3n) is 5.05. The van der Waals surface area contributed by atoms with E-state index in [1.807, 2.05) is 30.3 Å². The number of carbonyl (C=O) groups excluding carboxylic acids is 3. The molecule has 0 atom stereocenters. The maximum absolute atomic E-state index is 13.0. The average Bonchev–Trinajstić information content (AvgIpc) is 3.26. The Hall–Kier alpha value is -4.01. The van der Waals surface area contributed by atoms with Crippen LogP contribution < -0.4 is 5.32 Å². The van der Waals surface area contributed by atoms with E-state index in [1.54, 1.807) is 40.3 Å². The second kappa shape index (κ2) is 8.78. The lowest BCUT2D eigenvalue weighted by Gasteiger charge is -2.34. The fourth-order valence-corrected chi connectivity index (χ4v) is 3.44. The molecule has 1 saturated heterocycles. The number of piperazine rings is 1. The normalized spacial score (nSPS) is 13.7. The van der Waals surface area contributed by atoms with Gasteiger partial charge in [-0.2, -0.15) is 9.78 Å². The van der Waals surface area contributed by atoms with Crippen LogP contribution >= 0.6 is 0 Å². The van der Waals surface area contributed by atoms with Gasteiger partial charge in [-0.25, -0.2) is 9.78 Å². The highest BCUT2D eigenvalue weighted by Crippen LogP contribution is 2.21. The number of pyridine rings is 1. The zero-order valence-electron chi connectivity index (χ0n) is 17.1. The number of nitrogens with zero attached hydrogens (tertiary/aromatic N) is 5. The first-order valence-corrected chi connectivity index (χ1v) is 9.95. The van der Waals surface area contributed by atoms with Gasteiger partial charge >= 0.3 is 6.03 Å². The molecule has 9 heteroatoms. The number of aromatic nitrogens is 3. The van der Waals surface area contributed by atoms with E-state index in [9.17, 15) is 14.4 Å². The topological polar surface area (TPSA) is 100 Å². The maximum Gasteiger partial charge on any atom is 0.323 e. The van der Waals surface area contributed by atoms with E-state index in [-0.39, 0.29) is 23.5 Å². The molecule has 31 heavy (non-hydrogen) atoms. The quantitative estimate of drug-likeness (QED) is 0.705. The molecule has 0 unspecified atom stereocenters. The van der Waals surface area contributed by atoms with Crippen molar-refractivity contribution in [2.24, 2.45) is 0 Å². The van der Waals surface area contributed by atoms with Crippen LogP contribution in [0.15, 0.2) is 60.8 Å². The molecule has 1 aromatic carbocycles. The van der Waals surface area contributed by atoms with Crippen LogP contribution in [0, 0.1) is 0 Å². The van der Waals surface area contributed by atoms with Gasteiger partial charge in [-0.05, 0) is 18.2 Å². The average molecular weight is 418 g/mol. The highest BCUT2D eigenvalue weighted by molar-refractivity contribution is 5.95. The van der Waals surface area contributed by atoms with Crippen molar-refractivity contribution in [3.8, 4) is 11.3 Å². The number of rotatable bonds is 3. The molecule has 4 rings (SSSR count). The van der Waals surface area contributed by atoms with Gasteiger partial charge in [0.25, 0.3) is 5.91 Å². The number of hydrogen-bond donors (Lipinski definition) is 1. The van der Waals surface area contributed by atoms with Crippen LogP contribution in [0.4, 0.5) is 10.6 Å². The van der Waals surface area contributed by atoms with Crippen molar-refractivity contribution in [1.82, 2.24) is 24.6 Å². The standard InChI is InChI=1S/C22H22N6O3/c1-16(29)28-19(17-7-3-2-4-8-17)15-18(25-28)21(30)26-11-13-27(14-12-26)22(31)24-20-9-5-6-10-23-20/h2-10,15H,11-14H2,1H3,(H,23,24,31). The summed E-state index contributed by atoms with van der Waals surface area (Å²) in [6.45, 7) is 2.95. The van der Waals surface area contributed by atoms with Crippen LogP contribution in [0.25, 0.3) is 11.3 Å². The van der Waals surface area contributed by atoms with Crippen molar-refractivity contribution < 1.29 is 14.4 Å². The Morgan fingerprint density at radius 1 is 0.903 bits per heavy atom. The summed E-state index contributed by atoms with van der Waals surface area (Å²) in [6.07, 6.45) is 1.61. The molecule has 0 aliphatic carbocycles. The number of hydrogen-bond acceptors (Lipinski definition) is 5. The van der Waals surface area contributed by atoms with E-state index in [1.165, 1.54) is 11.6 Å². The van der Waals surface area contributed by atoms with Crippen molar-refractivity contribution in [3.63, 3.8) is 0 Å². The molecule has 2 aromatic heterocycles. The van der Waals surface area contributed by atoms with E-state index in [4.69, 9.17) is 0 Å². The van der Waals surface area contributed by atoms with Crippen LogP contribution in [0.1, 0.15) is 22.2 Å². The van der Waals surface area contributed by atoms with E-state index in [0.29, 0.717) is 37.7 Å². The molecule has 1 fully saturated rings. The van der Waals surface area contributed by atoms with Crippen molar-refractivity contribution in [3.05, 3.63) is 66.5 Å². The molecule has 1 aliphatic heterocycles. The molecule has 3 heterocycles. The van der Waals surface area contributed by atoms with Crippen LogP contribution in [0.5, 0.6) is 0 Å². The maximum atomic E-state index is 13.0. The highest BCUT2D eigenvalue weighted by Gasteiger charge is 2.27. The van der Waals surface area contributed by atoms with Crippen LogP contribution in [-0.2, 0) is 0 Å². The van der Waals surface area contributed by atoms with Gasteiger partial charge in [-0.1, -0.05) is 36.4 Å². The van der Waals surface area contributed by atoms with Crippen molar-refractivity contribution in [1.29, 1.82) is 0 Å². The summed E-state index contributed by atoms with van der Waals surface area (Å²) in [5.74, 6) is -0.0508. The minimum atomic E-state index is -0.270. The second-order valence-electron chi connectivity index (χ2n) is 7.14. The lowest BCUT2D eigenvalue weighted by molar-refractivity contribution is 0.0665. The predicted molar refractivity (Wildman–Crippen MR) is 115 cm³/mol. The molecule has 9 nitrogen and oxygen atoms in total. The molecule has 0 bridgehead atoms. The molecule has 3 aromatic rings. The number of urea groups is 1. The Labute approximate surface area is 179 Å². The minimum absolute atomic E-state index is 0.209. The van der Waals surface area contributed by atoms with Gasteiger partial charge in [-0.15, -0.1) is 0 Å². The molecular weight excluding hydrogens is 396 g/mol. The van der Waals surface area contributed by atoms with Crippen molar-refractivity contribution in [2.75, 3.05) is 31.5 Å². The van der Waals surface area contributed by atoms with Gasteiger partial charge < -0.3 is 9.80 Å². The van der Waals surface area contributed by atoms with Crippen molar-refractivity contribution >= 4 is 23.7 Å². The summed E-state index contributed by atoms with van der Waals surface area (Å²) in [7, 11) is 0. The predicted octanol–water partition coefficient (Wildman–Crippen LogP) is 2.60. The summed E-state index contributed by atoms with van der Waals surface area (Å²) < 4.78 is 1.25. The number of nitrogens with one attached hydrogen (secondary N) is 1. The first kappa shape index (κ1) is 20.3. The smallest absolute Gasteiger partial charge is 0.323 e. The number of benzene rings is 1. The molecule has 1 aliphatic rings. The Kier molecular flexibility index (Phi) is 5.74. The van der Waals surface area contributed by atoms with E-state index < -0.39 is 0 Å². The lowest BCUT2D eigenvalue weighted by Crippen LogP contribution is -2.51. The minimum Gasteiger partial charge on any atom is -0.334 e. The van der Waals surface area contributed by atoms with Crippen LogP contribution in [0.3, 0.4) is 0 Å². The molecule has 0 radical (unpaired) electrons. The molecular formula is C22H22N6O3. The van der Waals surface area contributed by atoms with Crippen LogP contribution in [0.2, 0.25) is 0 Å². The van der Waals surface area contributed by atoms with Gasteiger partial charge in [0, 0.05) is 44.9 Å². The largest absolute Gasteiger partial charge is 0.334 e. The number of carbonyl (C=O) groups is 3. The Morgan fingerprint density at radius 3 is 2.23 bits per heavy atom. The second-order valence-corrected chi connectivity index (χ2v) is 7.14. The van der Waals surface area contributed by atoms with Gasteiger partial charge in [0.2, 0.25) is 5.91 Å². The summed E-state index contributed by atoms with van der Waals surface area (Å²) in [6, 6.07) is 16.0. The van der Waals surface area contributed by atoms with Gasteiger partial charge in [0.1, 0.15) is 5.82 Å². The van der Waals surface area contributed by atoms with E-state index in [0.717, 1.165) is 5.56 Å². The van der Waals surface area contributed by atoms with E-state index in [2.05, 4.69) is 15.4 Å². The first-order chi connectivity index (χ1) is 15.0. The summed E-state index contributed by atoms with van der Waals surface area (Å²) >= 11 is 0. The monoisotopic (exact) mass is 418 g/mol. The van der Waals surface area contributed by atoms with Gasteiger partial charge in [0.05, 0.1) is 5.69 Å². The molecule has 0 spiro atoms. The first-order valence-electron chi connectivity index (χ1n) is 9.95. The Balaban J connectivity index is 1.43. The third kappa shape index (κ3) is 4.45. The lowest BCUT2D eigenvalue weighted by atomic mass is 10.1. The van der Waals surface area contributed by atoms with E-state index >= 15 is 0 Å². The van der Waals surface area contributed by atoms with Gasteiger partial charge in [0.15, 0.2) is 5.69 Å². The molecule has 1 N–H and O–H groups in total. The Morgan fingerprint density at radius 2 is 1.58 bits per heavy atom. The molecule has 158 valence electrons. The third-order valence-corrected chi connectivity index (χ3v) is 5.05. The zero-order chi connectivity index (χ0) is 21.8. The van der Waals surface area contributed by atoms with Crippen LogP contribution in [-0.4, -0.2) is 68.6 Å². The Bertz CT molecular complexity index is 1090. The van der Waals surface area contributed by atoms with Crippen molar-refractivity contribution in [2.45, 2.75) is 6.92 Å². The number of anilines is 1. The summed E-state index contributed by atoms with van der Waals surface area (Å²) in [4.78, 5) is 44.8. The van der Waals surface area contributed by atoms with Gasteiger partial charge in [-0.3, -0.25) is 14.9 Å². The fraction of sp³-hybridized carbons (Fsp3) is 0.227. The molecule has 3 amide bonds. The fourth-order valence-electron chi connectivity index (χ4n) is 3.44. The summed E-state index contributed by atoms with van der Waals surface area (Å²) in [5, 5.41) is 6.99. The summed E-state index contributed by atoms with van der Waals surface area (Å²) in [5.41, 5.74) is 1.59. The zero-order valence-corrected chi connectivity index (χ0v) is 17.1. The molecule has 0 saturated carbocycles.